The molecule has 0 saturated heterocycles. The van der Waals surface area contributed by atoms with Gasteiger partial charge in [0.25, 0.3) is 0 Å². The van der Waals surface area contributed by atoms with Crippen molar-refractivity contribution in [2.24, 2.45) is 0 Å². The maximum absolute atomic E-state index is 5.29. The first-order valence-electron chi connectivity index (χ1n) is 6.46. The highest BCUT2D eigenvalue weighted by Gasteiger charge is 2.01. The summed E-state index contributed by atoms with van der Waals surface area (Å²) in [6.45, 7) is 2.92. The summed E-state index contributed by atoms with van der Waals surface area (Å²) in [5, 5.41) is 7.06. The summed E-state index contributed by atoms with van der Waals surface area (Å²) >= 11 is 5.29. The Balaban J connectivity index is 1.90. The average molecular weight is 270 g/mol. The van der Waals surface area contributed by atoms with E-state index < -0.39 is 0 Å². The highest BCUT2D eigenvalue weighted by Crippen LogP contribution is 2.09. The minimum atomic E-state index is 0.650. The van der Waals surface area contributed by atoms with Crippen molar-refractivity contribution in [3.05, 3.63) is 65.7 Å². The van der Waals surface area contributed by atoms with Crippen molar-refractivity contribution in [3.8, 4) is 0 Å². The predicted molar refractivity (Wildman–Crippen MR) is 85.3 cm³/mol. The molecule has 0 spiro atoms. The van der Waals surface area contributed by atoms with Gasteiger partial charge in [0.1, 0.15) is 0 Å². The summed E-state index contributed by atoms with van der Waals surface area (Å²) in [4.78, 5) is 0. The zero-order valence-electron chi connectivity index (χ0n) is 11.0. The van der Waals surface area contributed by atoms with Crippen LogP contribution in [0.1, 0.15) is 18.1 Å². The van der Waals surface area contributed by atoms with Gasteiger partial charge in [-0.05, 0) is 41.9 Å². The van der Waals surface area contributed by atoms with Crippen LogP contribution in [0.5, 0.6) is 0 Å². The molecule has 0 heterocycles. The normalized spacial score (nSPS) is 9.95. The number of thiocarbonyl (C=S) groups is 1. The van der Waals surface area contributed by atoms with Crippen LogP contribution in [0.15, 0.2) is 54.6 Å². The summed E-state index contributed by atoms with van der Waals surface area (Å²) in [5.41, 5.74) is 3.66. The molecule has 0 radical (unpaired) electrons. The molecular formula is C16H18N2S. The van der Waals surface area contributed by atoms with Crippen LogP contribution in [0.2, 0.25) is 0 Å². The largest absolute Gasteiger partial charge is 0.358 e. The van der Waals surface area contributed by atoms with E-state index in [2.05, 4.69) is 41.8 Å². The van der Waals surface area contributed by atoms with Gasteiger partial charge in [0.2, 0.25) is 0 Å². The highest BCUT2D eigenvalue weighted by molar-refractivity contribution is 7.80. The van der Waals surface area contributed by atoms with E-state index in [1.807, 2.05) is 30.3 Å². The molecule has 0 saturated carbocycles. The van der Waals surface area contributed by atoms with Crippen molar-refractivity contribution in [1.29, 1.82) is 0 Å². The van der Waals surface area contributed by atoms with Crippen LogP contribution >= 0.6 is 12.2 Å². The van der Waals surface area contributed by atoms with Crippen LogP contribution in [0, 0.1) is 0 Å². The van der Waals surface area contributed by atoms with E-state index in [0.29, 0.717) is 5.11 Å². The Morgan fingerprint density at radius 1 is 0.947 bits per heavy atom. The molecule has 0 aliphatic carbocycles. The first-order chi connectivity index (χ1) is 9.29. The number of para-hydroxylation sites is 1. The molecule has 0 aliphatic heterocycles. The van der Waals surface area contributed by atoms with Crippen molar-refractivity contribution in [1.82, 2.24) is 5.32 Å². The maximum atomic E-state index is 5.29. The van der Waals surface area contributed by atoms with Crippen LogP contribution in [0.25, 0.3) is 0 Å². The monoisotopic (exact) mass is 270 g/mol. The van der Waals surface area contributed by atoms with Crippen LogP contribution < -0.4 is 10.6 Å². The Kier molecular flexibility index (Phi) is 4.93. The number of benzene rings is 2. The van der Waals surface area contributed by atoms with E-state index in [4.69, 9.17) is 12.2 Å². The maximum Gasteiger partial charge on any atom is 0.171 e. The first-order valence-corrected chi connectivity index (χ1v) is 6.87. The van der Waals surface area contributed by atoms with E-state index in [9.17, 15) is 0 Å². The van der Waals surface area contributed by atoms with Gasteiger partial charge < -0.3 is 10.6 Å². The SMILES string of the molecule is CCc1ccccc1CNC(=S)Nc1ccccc1. The number of hydrogen-bond donors (Lipinski definition) is 2. The number of hydrogen-bond acceptors (Lipinski definition) is 1. The first kappa shape index (κ1) is 13.6. The number of anilines is 1. The minimum Gasteiger partial charge on any atom is -0.358 e. The van der Waals surface area contributed by atoms with Gasteiger partial charge in [-0.1, -0.05) is 49.4 Å². The number of rotatable bonds is 4. The quantitative estimate of drug-likeness (QED) is 0.828. The van der Waals surface area contributed by atoms with Gasteiger partial charge in [0.15, 0.2) is 5.11 Å². The van der Waals surface area contributed by atoms with Gasteiger partial charge in [0, 0.05) is 12.2 Å². The Hall–Kier alpha value is -1.87. The summed E-state index contributed by atoms with van der Waals surface area (Å²) in [5.74, 6) is 0. The molecule has 0 fully saturated rings. The molecule has 2 aromatic carbocycles. The van der Waals surface area contributed by atoms with E-state index in [1.54, 1.807) is 0 Å². The average Bonchev–Trinajstić information content (AvgIpc) is 2.46. The molecule has 2 aromatic rings. The van der Waals surface area contributed by atoms with Crippen molar-refractivity contribution in [2.45, 2.75) is 19.9 Å². The van der Waals surface area contributed by atoms with Gasteiger partial charge in [0.05, 0.1) is 0 Å². The number of nitrogens with one attached hydrogen (secondary N) is 2. The lowest BCUT2D eigenvalue weighted by molar-refractivity contribution is 0.900. The minimum absolute atomic E-state index is 0.650. The summed E-state index contributed by atoms with van der Waals surface area (Å²) in [6.07, 6.45) is 1.04. The molecule has 0 bridgehead atoms. The topological polar surface area (TPSA) is 24.1 Å². The van der Waals surface area contributed by atoms with Gasteiger partial charge in [-0.25, -0.2) is 0 Å². The third-order valence-electron chi connectivity index (χ3n) is 2.97. The van der Waals surface area contributed by atoms with Gasteiger partial charge in [-0.2, -0.15) is 0 Å². The molecular weight excluding hydrogens is 252 g/mol. The molecule has 0 atom stereocenters. The van der Waals surface area contributed by atoms with E-state index in [-0.39, 0.29) is 0 Å². The fraction of sp³-hybridized carbons (Fsp3) is 0.188. The second-order valence-electron chi connectivity index (χ2n) is 4.30. The summed E-state index contributed by atoms with van der Waals surface area (Å²) < 4.78 is 0. The molecule has 2 nitrogen and oxygen atoms in total. The van der Waals surface area contributed by atoms with E-state index in [0.717, 1.165) is 18.7 Å². The molecule has 19 heavy (non-hydrogen) atoms. The molecule has 0 unspecified atom stereocenters. The Morgan fingerprint density at radius 3 is 2.26 bits per heavy atom. The number of aryl methyl sites for hydroxylation is 1. The molecule has 98 valence electrons. The molecule has 0 amide bonds. The molecule has 0 aliphatic rings. The zero-order valence-corrected chi connectivity index (χ0v) is 11.8. The molecule has 2 rings (SSSR count). The van der Waals surface area contributed by atoms with Crippen LogP contribution in [0.3, 0.4) is 0 Å². The predicted octanol–water partition coefficient (Wildman–Crippen LogP) is 3.74. The van der Waals surface area contributed by atoms with Gasteiger partial charge in [-0.15, -0.1) is 0 Å². The van der Waals surface area contributed by atoms with Gasteiger partial charge >= 0.3 is 0 Å². The second kappa shape index (κ2) is 6.90. The third-order valence-corrected chi connectivity index (χ3v) is 3.22. The third kappa shape index (κ3) is 4.07. The van der Waals surface area contributed by atoms with Crippen LogP contribution in [0.4, 0.5) is 5.69 Å². The van der Waals surface area contributed by atoms with Crippen molar-refractivity contribution >= 4 is 23.0 Å². The smallest absolute Gasteiger partial charge is 0.171 e. The van der Waals surface area contributed by atoms with E-state index >= 15 is 0 Å². The lowest BCUT2D eigenvalue weighted by atomic mass is 10.1. The molecule has 2 N–H and O–H groups in total. The van der Waals surface area contributed by atoms with Crippen molar-refractivity contribution < 1.29 is 0 Å². The fourth-order valence-corrected chi connectivity index (χ4v) is 2.14. The lowest BCUT2D eigenvalue weighted by Crippen LogP contribution is -2.28. The van der Waals surface area contributed by atoms with Crippen LogP contribution in [-0.2, 0) is 13.0 Å². The summed E-state index contributed by atoms with van der Waals surface area (Å²) in [7, 11) is 0. The standard InChI is InChI=1S/C16H18N2S/c1-2-13-8-6-7-9-14(13)12-17-16(19)18-15-10-4-3-5-11-15/h3-11H,2,12H2,1H3,(H2,17,18,19). The van der Waals surface area contributed by atoms with Crippen molar-refractivity contribution in [2.75, 3.05) is 5.32 Å². The zero-order chi connectivity index (χ0) is 13.5. The lowest BCUT2D eigenvalue weighted by Gasteiger charge is -2.12. The van der Waals surface area contributed by atoms with Crippen molar-refractivity contribution in [3.63, 3.8) is 0 Å². The Bertz CT molecular complexity index is 537. The Labute approximate surface area is 119 Å². The fourth-order valence-electron chi connectivity index (χ4n) is 1.95. The molecule has 3 heteroatoms. The highest BCUT2D eigenvalue weighted by atomic mass is 32.1. The second-order valence-corrected chi connectivity index (χ2v) is 4.70. The Morgan fingerprint density at radius 2 is 1.58 bits per heavy atom. The van der Waals surface area contributed by atoms with Crippen LogP contribution in [-0.4, -0.2) is 5.11 Å². The van der Waals surface area contributed by atoms with E-state index in [1.165, 1.54) is 11.1 Å². The van der Waals surface area contributed by atoms with Gasteiger partial charge in [-0.3, -0.25) is 0 Å². The summed E-state index contributed by atoms with van der Waals surface area (Å²) in [6, 6.07) is 18.4. The molecule has 0 aromatic heterocycles.